The van der Waals surface area contributed by atoms with E-state index in [4.69, 9.17) is 5.14 Å². The standard InChI is InChI=1S/C8H18N2O3S/c9-14(12,13)6-5-10-7-1-3-8(11)4-2-7/h7-8,10-11H,1-6H2,(H2,9,12,13). The Hall–Kier alpha value is -0.170. The fraction of sp³-hybridized carbons (Fsp3) is 1.00. The lowest BCUT2D eigenvalue weighted by Gasteiger charge is -2.26. The van der Waals surface area contributed by atoms with Crippen LogP contribution < -0.4 is 10.5 Å². The van der Waals surface area contributed by atoms with Crippen molar-refractivity contribution in [3.05, 3.63) is 0 Å². The van der Waals surface area contributed by atoms with Crippen LogP contribution in [0.25, 0.3) is 0 Å². The maximum absolute atomic E-state index is 10.6. The highest BCUT2D eigenvalue weighted by molar-refractivity contribution is 7.89. The minimum atomic E-state index is -3.35. The summed E-state index contributed by atoms with van der Waals surface area (Å²) in [6.45, 7) is 0.402. The summed E-state index contributed by atoms with van der Waals surface area (Å²) < 4.78 is 21.2. The van der Waals surface area contributed by atoms with Crippen molar-refractivity contribution in [1.29, 1.82) is 0 Å². The van der Waals surface area contributed by atoms with Gasteiger partial charge in [-0.3, -0.25) is 0 Å². The van der Waals surface area contributed by atoms with Gasteiger partial charge in [-0.1, -0.05) is 0 Å². The lowest BCUT2D eigenvalue weighted by Crippen LogP contribution is -2.38. The summed E-state index contributed by atoms with van der Waals surface area (Å²) in [4.78, 5) is 0. The fourth-order valence-electron chi connectivity index (χ4n) is 1.69. The van der Waals surface area contributed by atoms with Gasteiger partial charge in [0.25, 0.3) is 0 Å². The lowest BCUT2D eigenvalue weighted by molar-refractivity contribution is 0.117. The predicted octanol–water partition coefficient (Wildman–Crippen LogP) is -0.832. The van der Waals surface area contributed by atoms with Crippen LogP contribution in [0.5, 0.6) is 0 Å². The number of rotatable bonds is 4. The van der Waals surface area contributed by atoms with E-state index in [-0.39, 0.29) is 11.9 Å². The van der Waals surface area contributed by atoms with Crippen molar-refractivity contribution in [1.82, 2.24) is 5.32 Å². The Morgan fingerprint density at radius 3 is 2.36 bits per heavy atom. The van der Waals surface area contributed by atoms with Gasteiger partial charge in [0.2, 0.25) is 10.0 Å². The van der Waals surface area contributed by atoms with E-state index < -0.39 is 10.0 Å². The first-order valence-electron chi connectivity index (χ1n) is 4.89. The van der Waals surface area contributed by atoms with Gasteiger partial charge >= 0.3 is 0 Å². The average Bonchev–Trinajstić information content (AvgIpc) is 2.06. The molecule has 0 amide bonds. The molecule has 1 saturated carbocycles. The van der Waals surface area contributed by atoms with Crippen molar-refractivity contribution in [2.45, 2.75) is 37.8 Å². The van der Waals surface area contributed by atoms with Crippen molar-refractivity contribution in [2.24, 2.45) is 5.14 Å². The van der Waals surface area contributed by atoms with Gasteiger partial charge in [0.15, 0.2) is 0 Å². The Morgan fingerprint density at radius 2 is 1.86 bits per heavy atom. The molecular weight excluding hydrogens is 204 g/mol. The molecule has 0 aromatic rings. The molecule has 84 valence electrons. The molecule has 0 atom stereocenters. The number of nitrogens with one attached hydrogen (secondary N) is 1. The number of nitrogens with two attached hydrogens (primary N) is 1. The second kappa shape index (κ2) is 5.06. The van der Waals surface area contributed by atoms with E-state index in [9.17, 15) is 13.5 Å². The van der Waals surface area contributed by atoms with E-state index in [1.54, 1.807) is 0 Å². The molecule has 0 aliphatic heterocycles. The van der Waals surface area contributed by atoms with Gasteiger partial charge in [0.1, 0.15) is 0 Å². The van der Waals surface area contributed by atoms with Crippen LogP contribution in [-0.2, 0) is 10.0 Å². The SMILES string of the molecule is NS(=O)(=O)CCNC1CCC(O)CC1. The first kappa shape index (κ1) is 11.9. The third-order valence-electron chi connectivity index (χ3n) is 2.52. The van der Waals surface area contributed by atoms with Crippen LogP contribution in [0.15, 0.2) is 0 Å². The number of hydrogen-bond donors (Lipinski definition) is 3. The van der Waals surface area contributed by atoms with Crippen molar-refractivity contribution in [3.8, 4) is 0 Å². The molecule has 0 saturated heterocycles. The average molecular weight is 222 g/mol. The molecule has 0 spiro atoms. The van der Waals surface area contributed by atoms with Gasteiger partial charge in [-0.15, -0.1) is 0 Å². The summed E-state index contributed by atoms with van der Waals surface area (Å²) in [6.07, 6.45) is 3.24. The monoisotopic (exact) mass is 222 g/mol. The highest BCUT2D eigenvalue weighted by Crippen LogP contribution is 2.17. The molecule has 14 heavy (non-hydrogen) atoms. The van der Waals surface area contributed by atoms with Crippen molar-refractivity contribution >= 4 is 10.0 Å². The first-order chi connectivity index (χ1) is 6.47. The van der Waals surface area contributed by atoms with Crippen molar-refractivity contribution < 1.29 is 13.5 Å². The van der Waals surface area contributed by atoms with E-state index >= 15 is 0 Å². The van der Waals surface area contributed by atoms with E-state index in [0.717, 1.165) is 25.7 Å². The topological polar surface area (TPSA) is 92.4 Å². The van der Waals surface area contributed by atoms with Gasteiger partial charge in [-0.2, -0.15) is 0 Å². The molecule has 0 bridgehead atoms. The quantitative estimate of drug-likeness (QED) is 0.579. The molecule has 5 nitrogen and oxygen atoms in total. The molecule has 0 radical (unpaired) electrons. The maximum atomic E-state index is 10.6. The molecule has 0 aromatic carbocycles. The summed E-state index contributed by atoms with van der Waals surface area (Å²) in [6, 6.07) is 0.333. The highest BCUT2D eigenvalue weighted by Gasteiger charge is 2.18. The molecule has 6 heteroatoms. The van der Waals surface area contributed by atoms with Crippen LogP contribution in [0.4, 0.5) is 0 Å². The second-order valence-corrected chi connectivity index (χ2v) is 5.56. The van der Waals surface area contributed by atoms with E-state index in [2.05, 4.69) is 5.32 Å². The third kappa shape index (κ3) is 4.90. The first-order valence-corrected chi connectivity index (χ1v) is 6.61. The second-order valence-electron chi connectivity index (χ2n) is 3.83. The van der Waals surface area contributed by atoms with E-state index in [1.807, 2.05) is 0 Å². The molecule has 1 fully saturated rings. The number of hydrogen-bond acceptors (Lipinski definition) is 4. The summed E-state index contributed by atoms with van der Waals surface area (Å²) >= 11 is 0. The van der Waals surface area contributed by atoms with E-state index in [1.165, 1.54) is 0 Å². The predicted molar refractivity (Wildman–Crippen MR) is 54.2 cm³/mol. The van der Waals surface area contributed by atoms with Crippen LogP contribution in [0, 0.1) is 0 Å². The van der Waals surface area contributed by atoms with Crippen molar-refractivity contribution in [3.63, 3.8) is 0 Å². The molecule has 0 unspecified atom stereocenters. The van der Waals surface area contributed by atoms with Crippen molar-refractivity contribution in [2.75, 3.05) is 12.3 Å². The number of sulfonamides is 1. The number of aliphatic hydroxyl groups excluding tert-OH is 1. The van der Waals surface area contributed by atoms with Gasteiger partial charge in [-0.25, -0.2) is 13.6 Å². The van der Waals surface area contributed by atoms with Gasteiger partial charge in [0, 0.05) is 12.6 Å². The molecule has 0 aromatic heterocycles. The van der Waals surface area contributed by atoms with E-state index in [0.29, 0.717) is 12.6 Å². The summed E-state index contributed by atoms with van der Waals surface area (Å²) in [5, 5.41) is 17.2. The fourth-order valence-corrected chi connectivity index (χ4v) is 2.09. The Kier molecular flexibility index (Phi) is 4.31. The Balaban J connectivity index is 2.14. The van der Waals surface area contributed by atoms with Crippen LogP contribution in [0.1, 0.15) is 25.7 Å². The summed E-state index contributed by atoms with van der Waals surface area (Å²) in [5.74, 6) is -0.0218. The Morgan fingerprint density at radius 1 is 1.29 bits per heavy atom. The van der Waals surface area contributed by atoms with Crippen LogP contribution in [-0.4, -0.2) is 38.0 Å². The highest BCUT2D eigenvalue weighted by atomic mass is 32.2. The molecule has 1 aliphatic rings. The molecular formula is C8H18N2O3S. The van der Waals surface area contributed by atoms with Crippen LogP contribution in [0.3, 0.4) is 0 Å². The zero-order chi connectivity index (χ0) is 10.6. The largest absolute Gasteiger partial charge is 0.393 e. The van der Waals surface area contributed by atoms with Crippen LogP contribution in [0.2, 0.25) is 0 Å². The maximum Gasteiger partial charge on any atom is 0.210 e. The number of primary sulfonamides is 1. The molecule has 0 heterocycles. The smallest absolute Gasteiger partial charge is 0.210 e. The van der Waals surface area contributed by atoms with Gasteiger partial charge in [0.05, 0.1) is 11.9 Å². The minimum Gasteiger partial charge on any atom is -0.393 e. The third-order valence-corrected chi connectivity index (χ3v) is 3.29. The zero-order valence-corrected chi connectivity index (χ0v) is 8.96. The van der Waals surface area contributed by atoms with Gasteiger partial charge in [-0.05, 0) is 25.7 Å². The Labute approximate surface area is 84.7 Å². The Bertz CT molecular complexity index is 258. The number of aliphatic hydroxyl groups is 1. The van der Waals surface area contributed by atoms with Crippen LogP contribution >= 0.6 is 0 Å². The minimum absolute atomic E-state index is 0.0218. The normalized spacial score (nSPS) is 29.0. The zero-order valence-electron chi connectivity index (χ0n) is 8.15. The summed E-state index contributed by atoms with van der Waals surface area (Å²) in [5.41, 5.74) is 0. The lowest BCUT2D eigenvalue weighted by atomic mass is 9.93. The summed E-state index contributed by atoms with van der Waals surface area (Å²) in [7, 11) is -3.35. The molecule has 1 rings (SSSR count). The molecule has 4 N–H and O–H groups in total. The van der Waals surface area contributed by atoms with Gasteiger partial charge < -0.3 is 10.4 Å². The molecule has 1 aliphatic carbocycles.